The molecule has 26 heteroatoms. The number of nitrogens with zero attached hydrogens (tertiary/aromatic N) is 6. The summed E-state index contributed by atoms with van der Waals surface area (Å²) in [6.07, 6.45) is 1.76. The van der Waals surface area contributed by atoms with Crippen molar-refractivity contribution in [1.82, 2.24) is 15.0 Å². The molecule has 0 unspecified atom stereocenters. The van der Waals surface area contributed by atoms with Crippen molar-refractivity contribution in [2.45, 2.75) is 40.0 Å². The molecule has 0 fully saturated rings. The average molecular weight is 939 g/mol. The van der Waals surface area contributed by atoms with Crippen molar-refractivity contribution in [3.63, 3.8) is 0 Å². The number of nitrogens with two attached hydrogens (primary N) is 2. The second-order valence-corrected chi connectivity index (χ2v) is 16.2. The molecule has 0 radical (unpaired) electrons. The summed E-state index contributed by atoms with van der Waals surface area (Å²) >= 11 is 4.66. The van der Waals surface area contributed by atoms with Gasteiger partial charge in [-0.3, -0.25) is 19.2 Å². The minimum atomic E-state index is -4.67. The minimum Gasteiger partial charge on any atom is -0.399 e. The first kappa shape index (κ1) is 51.9. The summed E-state index contributed by atoms with van der Waals surface area (Å²) in [6, 6.07) is 21.5. The molecule has 0 spiro atoms. The highest BCUT2D eigenvalue weighted by Crippen LogP contribution is 2.31. The first-order valence-corrected chi connectivity index (χ1v) is 21.3. The van der Waals surface area contributed by atoms with E-state index in [9.17, 15) is 20.2 Å². The number of aliphatic hydroxyl groups is 2. The number of hydrogen-bond donors (Lipinski definition) is 7. The van der Waals surface area contributed by atoms with Crippen LogP contribution >= 0.6 is 34.0 Å². The zero-order chi connectivity index (χ0) is 46.6. The number of rotatable bonds is 12. The van der Waals surface area contributed by atoms with Gasteiger partial charge in [0.2, 0.25) is 0 Å². The van der Waals surface area contributed by atoms with Gasteiger partial charge in [-0.05, 0) is 81.4 Å². The predicted molar refractivity (Wildman–Crippen MR) is 234 cm³/mol. The molecule has 6 aromatic rings. The number of aromatic nitrogens is 3. The van der Waals surface area contributed by atoms with Gasteiger partial charge in [-0.25, -0.2) is 15.0 Å². The number of aryl methyl sites for hydroxylation is 3. The third kappa shape index (κ3) is 19.4. The van der Waals surface area contributed by atoms with E-state index in [1.165, 1.54) is 34.8 Å². The number of nitro groups is 1. The van der Waals surface area contributed by atoms with Gasteiger partial charge >= 0.3 is 10.4 Å². The smallest absolute Gasteiger partial charge is 0.394 e. The molecule has 3 heterocycles. The van der Waals surface area contributed by atoms with Crippen LogP contribution in [0.5, 0.6) is 0 Å². The molecule has 0 amide bonds. The van der Waals surface area contributed by atoms with Crippen molar-refractivity contribution < 1.29 is 52.9 Å². The molecule has 0 aliphatic rings. The van der Waals surface area contributed by atoms with Crippen molar-refractivity contribution in [3.8, 4) is 31.7 Å². The van der Waals surface area contributed by atoms with E-state index in [1.54, 1.807) is 23.5 Å². The van der Waals surface area contributed by atoms with Crippen LogP contribution in [-0.2, 0) is 34.5 Å². The Morgan fingerprint density at radius 1 is 0.613 bits per heavy atom. The first-order valence-electron chi connectivity index (χ1n) is 17.5. The average Bonchev–Trinajstić information content (AvgIpc) is 3.87. The number of benzene rings is 3. The van der Waals surface area contributed by atoms with Gasteiger partial charge in [0.05, 0.1) is 22.0 Å². The topological polar surface area (TPSA) is 365 Å². The maximum Gasteiger partial charge on any atom is 0.394 e. The number of nitro benzene ring substituents is 1. The molecule has 0 bridgehead atoms. The number of hydrogen-bond acceptors (Lipinski definition) is 19. The fraction of sp³-hybridized carbons (Fsp3) is 0.250. The molecule has 9 N–H and O–H groups in total. The molecule has 3 aromatic carbocycles. The van der Waals surface area contributed by atoms with Gasteiger partial charge in [0.1, 0.15) is 21.6 Å². The van der Waals surface area contributed by atoms with Gasteiger partial charge < -0.3 is 31.7 Å². The van der Waals surface area contributed by atoms with E-state index in [-0.39, 0.29) is 25.5 Å². The summed E-state index contributed by atoms with van der Waals surface area (Å²) < 4.78 is 31.6. The first-order chi connectivity index (χ1) is 29.1. The Labute approximate surface area is 365 Å². The SMILES string of the molecule is Cc1nc(-c2ccc(N)cc2)sc1CCO.Cc1nc(-c2ccc(N)cc2)sc1CCO[N+](=O)[O-].Cc1nc(-c2ccc([N+](=O)[O-])cc2)sc1CCO.O=S(=O)(O)O.O=[N+]([O-])O. The van der Waals surface area contributed by atoms with Crippen LogP contribution in [0.4, 0.5) is 17.1 Å². The minimum absolute atomic E-state index is 0.0528. The summed E-state index contributed by atoms with van der Waals surface area (Å²) in [5.41, 5.74) is 18.5. The molecule has 0 saturated carbocycles. The fourth-order valence-electron chi connectivity index (χ4n) is 4.74. The monoisotopic (exact) mass is 938 g/mol. The highest BCUT2D eigenvalue weighted by Gasteiger charge is 2.12. The number of nitrogen functional groups attached to an aromatic ring is 2. The molecule has 0 aliphatic carbocycles. The zero-order valence-corrected chi connectivity index (χ0v) is 36.3. The molecule has 0 aliphatic heterocycles. The maximum atomic E-state index is 10.6. The molecule has 0 saturated heterocycles. The summed E-state index contributed by atoms with van der Waals surface area (Å²) in [4.78, 5) is 49.5. The summed E-state index contributed by atoms with van der Waals surface area (Å²) in [5, 5.41) is 54.1. The molecule has 0 atom stereocenters. The van der Waals surface area contributed by atoms with Gasteiger partial charge in [0.15, 0.2) is 0 Å². The number of aliphatic hydroxyl groups excluding tert-OH is 2. The van der Waals surface area contributed by atoms with Crippen molar-refractivity contribution in [2.75, 3.05) is 31.3 Å². The van der Waals surface area contributed by atoms with Gasteiger partial charge in [-0.2, -0.15) is 8.42 Å². The van der Waals surface area contributed by atoms with Crippen LogP contribution in [0.15, 0.2) is 72.8 Å². The lowest BCUT2D eigenvalue weighted by atomic mass is 10.2. The zero-order valence-electron chi connectivity index (χ0n) is 33.1. The van der Waals surface area contributed by atoms with E-state index in [0.29, 0.717) is 24.9 Å². The molecular formula is C36H42N8O14S4. The number of non-ortho nitro benzene ring substituents is 1. The van der Waals surface area contributed by atoms with Crippen LogP contribution in [0.25, 0.3) is 31.7 Å². The standard InChI is InChI=1S/C12H13N3O3S.C12H12N2O3S.C12H14N2OS.HNO3.H2O4S/c1-8-11(6-7-18-15(16)17)19-12(14-8)9-2-4-10(13)5-3-9;1-8-11(6-7-15)18-12(13-8)9-2-4-10(5-3-9)14(16)17;1-8-11(6-7-15)16-12(14-8)9-2-4-10(13)5-3-9;2-1(3)4;1-5(2,3)4/h2-5H,6-7,13H2,1H3;2-5,15H,6-7H2,1H3;2-5,15H,6-7,13H2,1H3;(H,2,3,4);(H2,1,2,3,4). The molecule has 3 aromatic heterocycles. The lowest BCUT2D eigenvalue weighted by molar-refractivity contribution is -0.757. The predicted octanol–water partition coefficient (Wildman–Crippen LogP) is 6.25. The second-order valence-electron chi connectivity index (χ2n) is 12.1. The molecule has 22 nitrogen and oxygen atoms in total. The third-order valence-corrected chi connectivity index (χ3v) is 11.3. The van der Waals surface area contributed by atoms with E-state index < -0.39 is 25.5 Å². The van der Waals surface area contributed by atoms with Crippen LogP contribution in [-0.4, -0.2) is 82.8 Å². The molecular weight excluding hydrogens is 897 g/mol. The van der Waals surface area contributed by atoms with Crippen LogP contribution < -0.4 is 11.5 Å². The Kier molecular flexibility index (Phi) is 21.3. The Balaban J connectivity index is 0.000000292. The van der Waals surface area contributed by atoms with E-state index in [2.05, 4.69) is 19.8 Å². The van der Waals surface area contributed by atoms with Crippen molar-refractivity contribution in [3.05, 3.63) is 135 Å². The summed E-state index contributed by atoms with van der Waals surface area (Å²) in [5.74, 6) is 0. The van der Waals surface area contributed by atoms with Gasteiger partial charge in [-0.1, -0.05) is 0 Å². The normalized spacial score (nSPS) is 10.3. The van der Waals surface area contributed by atoms with E-state index in [1.807, 2.05) is 69.3 Å². The van der Waals surface area contributed by atoms with E-state index in [4.69, 9.17) is 54.5 Å². The third-order valence-electron chi connectivity index (χ3n) is 7.52. The lowest BCUT2D eigenvalue weighted by Crippen LogP contribution is -2.04. The number of thiazole rings is 3. The Morgan fingerprint density at radius 2 is 0.903 bits per heavy atom. The van der Waals surface area contributed by atoms with Crippen LogP contribution in [0.2, 0.25) is 0 Å². The van der Waals surface area contributed by atoms with Gasteiger partial charge in [0.25, 0.3) is 15.9 Å². The Morgan fingerprint density at radius 3 is 1.18 bits per heavy atom. The largest absolute Gasteiger partial charge is 0.399 e. The quantitative estimate of drug-likeness (QED) is 0.0308. The number of anilines is 2. The van der Waals surface area contributed by atoms with Crippen LogP contribution in [0.1, 0.15) is 31.7 Å². The van der Waals surface area contributed by atoms with Gasteiger partial charge in [-0.15, -0.1) is 54.2 Å². The van der Waals surface area contributed by atoms with Gasteiger partial charge in [0, 0.05) is 87.3 Å². The highest BCUT2D eigenvalue weighted by molar-refractivity contribution is 7.79. The van der Waals surface area contributed by atoms with Crippen LogP contribution in [0, 0.1) is 51.1 Å². The van der Waals surface area contributed by atoms with Crippen molar-refractivity contribution in [2.24, 2.45) is 0 Å². The van der Waals surface area contributed by atoms with Crippen LogP contribution in [0.3, 0.4) is 0 Å². The van der Waals surface area contributed by atoms with E-state index in [0.717, 1.165) is 69.1 Å². The van der Waals surface area contributed by atoms with E-state index >= 15 is 0 Å². The molecule has 334 valence electrons. The Bertz CT molecular complexity index is 2450. The lowest BCUT2D eigenvalue weighted by Gasteiger charge is -1.97. The molecule has 6 rings (SSSR count). The van der Waals surface area contributed by atoms with Crippen molar-refractivity contribution >= 4 is 61.5 Å². The Hall–Kier alpha value is -6.26. The fourth-order valence-corrected chi connectivity index (χ4v) is 7.91. The van der Waals surface area contributed by atoms with Crippen molar-refractivity contribution in [1.29, 1.82) is 0 Å². The second kappa shape index (κ2) is 25.5. The summed E-state index contributed by atoms with van der Waals surface area (Å²) in [7, 11) is -4.67. The molecule has 62 heavy (non-hydrogen) atoms. The summed E-state index contributed by atoms with van der Waals surface area (Å²) in [6.45, 7) is 6.08. The maximum absolute atomic E-state index is 10.6. The highest BCUT2D eigenvalue weighted by atomic mass is 32.3.